The van der Waals surface area contributed by atoms with E-state index in [1.807, 2.05) is 17.9 Å². The van der Waals surface area contributed by atoms with Gasteiger partial charge in [0, 0.05) is 32.7 Å². The molecule has 0 unspecified atom stereocenters. The molecule has 5 heteroatoms. The number of halogens is 1. The van der Waals surface area contributed by atoms with E-state index < -0.39 is 5.82 Å². The maximum Gasteiger partial charge on any atom is 0.143 e. The minimum Gasteiger partial charge on any atom is -0.392 e. The highest BCUT2D eigenvalue weighted by molar-refractivity contribution is 5.60. The number of hydrogen-bond acceptors (Lipinski definition) is 4. The van der Waals surface area contributed by atoms with Crippen LogP contribution in [0.25, 0.3) is 0 Å². The first-order chi connectivity index (χ1) is 9.65. The van der Waals surface area contributed by atoms with E-state index in [-0.39, 0.29) is 11.7 Å². The molecule has 0 radical (unpaired) electrons. The molecular weight excluding hydrogens is 257 g/mol. The number of nitrogens with zero attached hydrogens (tertiary/aromatic N) is 3. The number of anilines is 1. The third-order valence-corrected chi connectivity index (χ3v) is 3.76. The molecule has 0 bridgehead atoms. The summed E-state index contributed by atoms with van der Waals surface area (Å²) in [5, 5.41) is 18.7. The molecule has 1 N–H and O–H groups in total. The Bertz CT molecular complexity index is 492. The first kappa shape index (κ1) is 14.8. The van der Waals surface area contributed by atoms with Gasteiger partial charge in [0.25, 0.3) is 0 Å². The van der Waals surface area contributed by atoms with Gasteiger partial charge in [-0.3, -0.25) is 4.90 Å². The predicted octanol–water partition coefficient (Wildman–Crippen LogP) is 1.59. The van der Waals surface area contributed by atoms with E-state index in [9.17, 15) is 9.50 Å². The summed E-state index contributed by atoms with van der Waals surface area (Å²) in [7, 11) is 0. The minimum absolute atomic E-state index is 0.120. The van der Waals surface area contributed by atoms with E-state index in [4.69, 9.17) is 5.26 Å². The lowest BCUT2D eigenvalue weighted by Gasteiger charge is -2.37. The molecule has 20 heavy (non-hydrogen) atoms. The molecule has 1 aromatic carbocycles. The van der Waals surface area contributed by atoms with Crippen LogP contribution < -0.4 is 4.90 Å². The lowest BCUT2D eigenvalue weighted by atomic mass is 10.1. The van der Waals surface area contributed by atoms with Crippen molar-refractivity contribution in [2.24, 2.45) is 0 Å². The van der Waals surface area contributed by atoms with Gasteiger partial charge in [0.1, 0.15) is 17.4 Å². The predicted molar refractivity (Wildman–Crippen MR) is 76.1 cm³/mol. The van der Waals surface area contributed by atoms with Gasteiger partial charge < -0.3 is 10.0 Å². The number of hydrogen-bond donors (Lipinski definition) is 1. The third kappa shape index (κ3) is 3.27. The van der Waals surface area contributed by atoms with Crippen molar-refractivity contribution < 1.29 is 9.50 Å². The molecule has 1 aromatic rings. The Balaban J connectivity index is 2.01. The Morgan fingerprint density at radius 2 is 2.05 bits per heavy atom. The highest BCUT2D eigenvalue weighted by Crippen LogP contribution is 2.23. The first-order valence-electron chi connectivity index (χ1n) is 6.99. The molecule has 0 aromatic heterocycles. The molecule has 108 valence electrons. The average Bonchev–Trinajstić information content (AvgIpc) is 2.47. The average molecular weight is 277 g/mol. The van der Waals surface area contributed by atoms with Crippen molar-refractivity contribution in [1.29, 1.82) is 5.26 Å². The van der Waals surface area contributed by atoms with E-state index in [0.717, 1.165) is 32.6 Å². The number of aliphatic hydroxyl groups is 1. The topological polar surface area (TPSA) is 50.5 Å². The highest BCUT2D eigenvalue weighted by atomic mass is 19.1. The van der Waals surface area contributed by atoms with Gasteiger partial charge in [0.05, 0.1) is 11.8 Å². The fraction of sp³-hybridized carbons (Fsp3) is 0.533. The zero-order chi connectivity index (χ0) is 14.5. The Kier molecular flexibility index (Phi) is 4.94. The monoisotopic (exact) mass is 277 g/mol. The second-order valence-electron chi connectivity index (χ2n) is 5.10. The molecule has 0 aliphatic carbocycles. The largest absolute Gasteiger partial charge is 0.392 e. The summed E-state index contributed by atoms with van der Waals surface area (Å²) >= 11 is 0. The SMILES string of the molecule is CC[C@@H](O)CN1CCN(c2cccc(F)c2C#N)CC1. The van der Waals surface area contributed by atoms with Crippen molar-refractivity contribution in [3.8, 4) is 6.07 Å². The molecule has 0 amide bonds. The summed E-state index contributed by atoms with van der Waals surface area (Å²) in [5.41, 5.74) is 0.790. The second-order valence-corrected chi connectivity index (χ2v) is 5.10. The standard InChI is InChI=1S/C15H20FN3O/c1-2-12(20)11-18-6-8-19(9-7-18)15-5-3-4-14(16)13(15)10-17/h3-5,12,20H,2,6-9,11H2,1H3/t12-/m1/s1. The summed E-state index contributed by atoms with van der Waals surface area (Å²) in [4.78, 5) is 4.24. The van der Waals surface area contributed by atoms with E-state index in [0.29, 0.717) is 12.2 Å². The summed E-state index contributed by atoms with van der Waals surface area (Å²) in [6.45, 7) is 5.77. The Labute approximate surface area is 119 Å². The Hall–Kier alpha value is -1.64. The lowest BCUT2D eigenvalue weighted by molar-refractivity contribution is 0.106. The molecule has 2 rings (SSSR count). The molecule has 0 spiro atoms. The fourth-order valence-electron chi connectivity index (χ4n) is 2.49. The van der Waals surface area contributed by atoms with Crippen molar-refractivity contribution in [2.45, 2.75) is 19.4 Å². The summed E-state index contributed by atoms with van der Waals surface area (Å²) in [5.74, 6) is -0.464. The molecule has 4 nitrogen and oxygen atoms in total. The normalized spacial score (nSPS) is 17.8. The summed E-state index contributed by atoms with van der Waals surface area (Å²) in [6, 6.07) is 6.69. The van der Waals surface area contributed by atoms with Gasteiger partial charge in [0.15, 0.2) is 0 Å². The van der Waals surface area contributed by atoms with Crippen LogP contribution in [-0.2, 0) is 0 Å². The molecule has 1 heterocycles. The van der Waals surface area contributed by atoms with Crippen LogP contribution in [0.4, 0.5) is 10.1 Å². The zero-order valence-corrected chi connectivity index (χ0v) is 11.7. The first-order valence-corrected chi connectivity index (χ1v) is 6.99. The van der Waals surface area contributed by atoms with Gasteiger partial charge in [-0.1, -0.05) is 13.0 Å². The molecule has 1 aliphatic heterocycles. The number of β-amino-alcohol motifs (C(OH)–C–C–N with tert-alkyl or cyclic N) is 1. The van der Waals surface area contributed by atoms with E-state index in [2.05, 4.69) is 4.90 Å². The van der Waals surface area contributed by atoms with Crippen LogP contribution in [0.5, 0.6) is 0 Å². The van der Waals surface area contributed by atoms with Crippen LogP contribution in [0.3, 0.4) is 0 Å². The van der Waals surface area contributed by atoms with Gasteiger partial charge in [-0.25, -0.2) is 4.39 Å². The lowest BCUT2D eigenvalue weighted by Crippen LogP contribution is -2.48. The third-order valence-electron chi connectivity index (χ3n) is 3.76. The number of benzene rings is 1. The van der Waals surface area contributed by atoms with Crippen molar-refractivity contribution in [3.63, 3.8) is 0 Å². The molecule has 1 fully saturated rings. The van der Waals surface area contributed by atoms with Gasteiger partial charge in [0.2, 0.25) is 0 Å². The molecule has 1 atom stereocenters. The van der Waals surface area contributed by atoms with Crippen molar-refractivity contribution >= 4 is 5.69 Å². The number of nitriles is 1. The quantitative estimate of drug-likeness (QED) is 0.908. The number of piperazine rings is 1. The van der Waals surface area contributed by atoms with Gasteiger partial charge in [-0.15, -0.1) is 0 Å². The van der Waals surface area contributed by atoms with Crippen LogP contribution >= 0.6 is 0 Å². The van der Waals surface area contributed by atoms with E-state index in [1.54, 1.807) is 12.1 Å². The Morgan fingerprint density at radius 3 is 2.65 bits per heavy atom. The Morgan fingerprint density at radius 1 is 1.35 bits per heavy atom. The highest BCUT2D eigenvalue weighted by Gasteiger charge is 2.21. The van der Waals surface area contributed by atoms with Crippen LogP contribution in [0, 0.1) is 17.1 Å². The fourth-order valence-corrected chi connectivity index (χ4v) is 2.49. The maximum absolute atomic E-state index is 13.6. The molecular formula is C15H20FN3O. The van der Waals surface area contributed by atoms with E-state index >= 15 is 0 Å². The summed E-state index contributed by atoms with van der Waals surface area (Å²) < 4.78 is 13.6. The van der Waals surface area contributed by atoms with Gasteiger partial charge in [-0.2, -0.15) is 5.26 Å². The van der Waals surface area contributed by atoms with Gasteiger partial charge in [-0.05, 0) is 18.6 Å². The number of rotatable bonds is 4. The van der Waals surface area contributed by atoms with Crippen LogP contribution in [0.2, 0.25) is 0 Å². The maximum atomic E-state index is 13.6. The number of aliphatic hydroxyl groups excluding tert-OH is 1. The van der Waals surface area contributed by atoms with Crippen LogP contribution in [-0.4, -0.2) is 48.8 Å². The van der Waals surface area contributed by atoms with Crippen molar-refractivity contribution in [2.75, 3.05) is 37.6 Å². The zero-order valence-electron chi connectivity index (χ0n) is 11.7. The van der Waals surface area contributed by atoms with Crippen molar-refractivity contribution in [3.05, 3.63) is 29.6 Å². The van der Waals surface area contributed by atoms with Crippen LogP contribution in [0.1, 0.15) is 18.9 Å². The second kappa shape index (κ2) is 6.69. The smallest absolute Gasteiger partial charge is 0.143 e. The molecule has 1 aliphatic rings. The molecule has 1 saturated heterocycles. The van der Waals surface area contributed by atoms with Gasteiger partial charge >= 0.3 is 0 Å². The van der Waals surface area contributed by atoms with Crippen LogP contribution in [0.15, 0.2) is 18.2 Å². The minimum atomic E-state index is -0.464. The molecule has 0 saturated carbocycles. The van der Waals surface area contributed by atoms with E-state index in [1.165, 1.54) is 6.07 Å². The van der Waals surface area contributed by atoms with Crippen molar-refractivity contribution in [1.82, 2.24) is 4.90 Å². The summed E-state index contributed by atoms with van der Waals surface area (Å²) in [6.07, 6.45) is 0.466.